The van der Waals surface area contributed by atoms with Gasteiger partial charge in [0.25, 0.3) is 5.69 Å². The van der Waals surface area contributed by atoms with Crippen molar-refractivity contribution in [2.24, 2.45) is 0 Å². The number of rotatable bonds is 4. The van der Waals surface area contributed by atoms with Crippen LogP contribution in [0, 0.1) is 10.1 Å². The van der Waals surface area contributed by atoms with E-state index in [-0.39, 0.29) is 12.3 Å². The van der Waals surface area contributed by atoms with Crippen molar-refractivity contribution in [1.29, 1.82) is 0 Å². The van der Waals surface area contributed by atoms with Gasteiger partial charge in [-0.1, -0.05) is 11.6 Å². The van der Waals surface area contributed by atoms with Crippen LogP contribution in [0.15, 0.2) is 18.2 Å². The zero-order chi connectivity index (χ0) is 10.6. The number of hydrogen-bond acceptors (Lipinski definition) is 4. The zero-order valence-electron chi connectivity index (χ0n) is 7.24. The van der Waals surface area contributed by atoms with E-state index in [0.29, 0.717) is 17.3 Å². The highest BCUT2D eigenvalue weighted by atomic mass is 35.5. The van der Waals surface area contributed by atoms with Crippen molar-refractivity contribution in [3.05, 3.63) is 33.3 Å². The summed E-state index contributed by atoms with van der Waals surface area (Å²) in [5.74, 6) is 0. The number of aliphatic hydroxyl groups excluding tert-OH is 1. The maximum absolute atomic E-state index is 10.4. The van der Waals surface area contributed by atoms with Gasteiger partial charge in [-0.3, -0.25) is 10.1 Å². The molecule has 14 heavy (non-hydrogen) atoms. The lowest BCUT2D eigenvalue weighted by atomic mass is 10.3. The van der Waals surface area contributed by atoms with Gasteiger partial charge in [-0.2, -0.15) is 0 Å². The highest BCUT2D eigenvalue weighted by Crippen LogP contribution is 2.23. The molecule has 0 aliphatic rings. The predicted octanol–water partition coefficient (Wildman–Crippen LogP) is 1.65. The zero-order valence-corrected chi connectivity index (χ0v) is 7.99. The van der Waals surface area contributed by atoms with Crippen molar-refractivity contribution in [3.63, 3.8) is 0 Å². The Labute approximate surface area is 85.5 Å². The predicted molar refractivity (Wildman–Crippen MR) is 53.7 cm³/mol. The van der Waals surface area contributed by atoms with Crippen LogP contribution in [0.2, 0.25) is 5.02 Å². The van der Waals surface area contributed by atoms with E-state index in [0.717, 1.165) is 0 Å². The molecule has 0 atom stereocenters. The maximum atomic E-state index is 10.4. The van der Waals surface area contributed by atoms with E-state index < -0.39 is 4.92 Å². The number of aliphatic hydroxyl groups is 1. The second-order valence-electron chi connectivity index (χ2n) is 2.61. The molecular formula is C8H9ClN2O3. The lowest BCUT2D eigenvalue weighted by Crippen LogP contribution is -2.05. The maximum Gasteiger partial charge on any atom is 0.272 e. The van der Waals surface area contributed by atoms with Gasteiger partial charge in [0.15, 0.2) is 0 Å². The molecule has 0 aliphatic carbocycles. The molecule has 0 radical (unpaired) electrons. The van der Waals surface area contributed by atoms with Crippen LogP contribution in [-0.4, -0.2) is 23.2 Å². The van der Waals surface area contributed by atoms with Gasteiger partial charge in [0.2, 0.25) is 0 Å². The van der Waals surface area contributed by atoms with Crippen molar-refractivity contribution < 1.29 is 10.0 Å². The first-order valence-electron chi connectivity index (χ1n) is 3.93. The summed E-state index contributed by atoms with van der Waals surface area (Å²) in [5, 5.41) is 22.1. The Hall–Kier alpha value is -1.33. The Morgan fingerprint density at radius 2 is 2.21 bits per heavy atom. The number of non-ortho nitro benzene ring substituents is 1. The SMILES string of the molecule is O=[N+]([O-])c1cc(Cl)cc(NCCO)c1. The van der Waals surface area contributed by atoms with Gasteiger partial charge in [-0.25, -0.2) is 0 Å². The minimum absolute atomic E-state index is 0.0414. The average Bonchev–Trinajstić information content (AvgIpc) is 2.14. The molecule has 1 rings (SSSR count). The summed E-state index contributed by atoms with van der Waals surface area (Å²) in [4.78, 5) is 9.93. The molecule has 0 fully saturated rings. The van der Waals surface area contributed by atoms with Crippen LogP contribution in [0.3, 0.4) is 0 Å². The number of halogens is 1. The van der Waals surface area contributed by atoms with E-state index in [1.165, 1.54) is 12.1 Å². The fourth-order valence-electron chi connectivity index (χ4n) is 0.982. The summed E-state index contributed by atoms with van der Waals surface area (Å²) in [7, 11) is 0. The largest absolute Gasteiger partial charge is 0.395 e. The number of nitro groups is 1. The lowest BCUT2D eigenvalue weighted by molar-refractivity contribution is -0.384. The molecule has 1 aromatic rings. The van der Waals surface area contributed by atoms with Gasteiger partial charge < -0.3 is 10.4 Å². The Morgan fingerprint density at radius 3 is 2.79 bits per heavy atom. The molecule has 6 heteroatoms. The molecule has 0 saturated carbocycles. The monoisotopic (exact) mass is 216 g/mol. The minimum Gasteiger partial charge on any atom is -0.395 e. The summed E-state index contributed by atoms with van der Waals surface area (Å²) in [5.41, 5.74) is 0.455. The first-order chi connectivity index (χ1) is 6.63. The second-order valence-corrected chi connectivity index (χ2v) is 3.04. The average molecular weight is 217 g/mol. The Kier molecular flexibility index (Phi) is 3.67. The third-order valence-electron chi connectivity index (χ3n) is 1.53. The normalized spacial score (nSPS) is 9.86. The van der Waals surface area contributed by atoms with E-state index in [1.54, 1.807) is 6.07 Å². The highest BCUT2D eigenvalue weighted by Gasteiger charge is 2.08. The Bertz CT molecular complexity index is 343. The van der Waals surface area contributed by atoms with E-state index in [9.17, 15) is 10.1 Å². The van der Waals surface area contributed by atoms with Gasteiger partial charge in [0.1, 0.15) is 0 Å². The van der Waals surface area contributed by atoms with E-state index in [2.05, 4.69) is 5.32 Å². The first kappa shape index (κ1) is 10.7. The van der Waals surface area contributed by atoms with Gasteiger partial charge in [0, 0.05) is 29.4 Å². The molecule has 5 nitrogen and oxygen atoms in total. The molecule has 0 saturated heterocycles. The van der Waals surface area contributed by atoms with Crippen molar-refractivity contribution in [3.8, 4) is 0 Å². The fourth-order valence-corrected chi connectivity index (χ4v) is 1.21. The third-order valence-corrected chi connectivity index (χ3v) is 1.75. The van der Waals surface area contributed by atoms with E-state index in [1.807, 2.05) is 0 Å². The quantitative estimate of drug-likeness (QED) is 0.593. The van der Waals surface area contributed by atoms with Crippen LogP contribution < -0.4 is 5.32 Å². The molecule has 76 valence electrons. The van der Waals surface area contributed by atoms with Crippen LogP contribution in [0.4, 0.5) is 11.4 Å². The van der Waals surface area contributed by atoms with Crippen molar-refractivity contribution in [2.45, 2.75) is 0 Å². The Morgan fingerprint density at radius 1 is 1.50 bits per heavy atom. The standard InChI is InChI=1S/C8H9ClN2O3/c9-6-3-7(10-1-2-12)5-8(4-6)11(13)14/h3-5,10,12H,1-2H2. The van der Waals surface area contributed by atoms with Crippen LogP contribution in [0.1, 0.15) is 0 Å². The van der Waals surface area contributed by atoms with E-state index in [4.69, 9.17) is 16.7 Å². The molecule has 0 unspecified atom stereocenters. The molecule has 0 amide bonds. The fraction of sp³-hybridized carbons (Fsp3) is 0.250. The summed E-state index contributed by atoms with van der Waals surface area (Å²) < 4.78 is 0. The topological polar surface area (TPSA) is 75.4 Å². The summed E-state index contributed by atoms with van der Waals surface area (Å²) in [6.45, 7) is 0.289. The smallest absolute Gasteiger partial charge is 0.272 e. The van der Waals surface area contributed by atoms with Crippen LogP contribution >= 0.6 is 11.6 Å². The molecular weight excluding hydrogens is 208 g/mol. The number of nitro benzene ring substituents is 1. The third kappa shape index (κ3) is 2.86. The number of hydrogen-bond donors (Lipinski definition) is 2. The van der Waals surface area contributed by atoms with Crippen LogP contribution in [0.25, 0.3) is 0 Å². The molecule has 0 heterocycles. The lowest BCUT2D eigenvalue weighted by Gasteiger charge is -2.04. The number of benzene rings is 1. The van der Waals surface area contributed by atoms with Crippen LogP contribution in [0.5, 0.6) is 0 Å². The van der Waals surface area contributed by atoms with Crippen molar-refractivity contribution in [1.82, 2.24) is 0 Å². The van der Waals surface area contributed by atoms with Crippen LogP contribution in [-0.2, 0) is 0 Å². The van der Waals surface area contributed by atoms with Crippen molar-refractivity contribution in [2.75, 3.05) is 18.5 Å². The molecule has 2 N–H and O–H groups in total. The molecule has 1 aromatic carbocycles. The second kappa shape index (κ2) is 4.78. The molecule has 0 spiro atoms. The van der Waals surface area contributed by atoms with E-state index >= 15 is 0 Å². The summed E-state index contributed by atoms with van der Waals surface area (Å²) in [6.07, 6.45) is 0. The van der Waals surface area contributed by atoms with Crippen molar-refractivity contribution >= 4 is 23.0 Å². The summed E-state index contributed by atoms with van der Waals surface area (Å²) in [6, 6.07) is 4.19. The number of anilines is 1. The molecule has 0 aliphatic heterocycles. The van der Waals surface area contributed by atoms with Gasteiger partial charge in [-0.15, -0.1) is 0 Å². The highest BCUT2D eigenvalue weighted by molar-refractivity contribution is 6.31. The first-order valence-corrected chi connectivity index (χ1v) is 4.31. The number of nitrogens with zero attached hydrogens (tertiary/aromatic N) is 1. The van der Waals surface area contributed by atoms with Gasteiger partial charge in [-0.05, 0) is 6.07 Å². The Balaban J connectivity index is 2.89. The summed E-state index contributed by atoms with van der Waals surface area (Å²) >= 11 is 5.67. The number of nitrogens with one attached hydrogen (secondary N) is 1. The van der Waals surface area contributed by atoms with Gasteiger partial charge in [0.05, 0.1) is 11.5 Å². The molecule has 0 bridgehead atoms. The molecule has 0 aromatic heterocycles. The minimum atomic E-state index is -0.518. The van der Waals surface area contributed by atoms with Gasteiger partial charge >= 0.3 is 0 Å².